The Morgan fingerprint density at radius 1 is 0.697 bits per heavy atom. The Balaban J connectivity index is 2.26. The number of benzene rings is 3. The minimum atomic E-state index is -3.51. The van der Waals surface area contributed by atoms with E-state index >= 15 is 0 Å². The number of hydrogen-bond donors (Lipinski definition) is 1. The Labute approximate surface area is 200 Å². The van der Waals surface area contributed by atoms with Gasteiger partial charge >= 0.3 is 200 Å². The molecule has 0 saturated heterocycles. The van der Waals surface area contributed by atoms with Crippen molar-refractivity contribution < 1.29 is 24.1 Å². The molecule has 33 heavy (non-hydrogen) atoms. The Morgan fingerprint density at radius 3 is 1.30 bits per heavy atom. The third-order valence-electron chi connectivity index (χ3n) is 6.05. The summed E-state index contributed by atoms with van der Waals surface area (Å²) in [5.74, 6) is -2.07. The van der Waals surface area contributed by atoms with Gasteiger partial charge in [-0.2, -0.15) is 0 Å². The molecule has 7 heteroatoms. The van der Waals surface area contributed by atoms with Crippen LogP contribution in [0.3, 0.4) is 0 Å². The Kier molecular flexibility index (Phi) is 7.88. The number of halogens is 1. The fraction of sp³-hybridized carbons (Fsp3) is 0.269. The molecule has 0 unspecified atom stereocenters. The summed E-state index contributed by atoms with van der Waals surface area (Å²) in [6.07, 6.45) is 1.93. The zero-order chi connectivity index (χ0) is 23.9. The number of hydrogen-bond acceptors (Lipinski definition) is 4. The van der Waals surface area contributed by atoms with Crippen molar-refractivity contribution in [3.63, 3.8) is 0 Å². The summed E-state index contributed by atoms with van der Waals surface area (Å²) >= 11 is 8.04. The van der Waals surface area contributed by atoms with Crippen LogP contribution in [0.25, 0.3) is 0 Å². The van der Waals surface area contributed by atoms with E-state index in [-0.39, 0.29) is 6.42 Å². The Bertz CT molecular complexity index is 947. The second-order valence-electron chi connectivity index (χ2n) is 7.85. The van der Waals surface area contributed by atoms with E-state index in [0.717, 1.165) is 33.2 Å². The van der Waals surface area contributed by atoms with Crippen LogP contribution in [-0.2, 0) is 4.79 Å². The molecule has 0 atom stereocenters. The summed E-state index contributed by atoms with van der Waals surface area (Å²) in [7, 11) is 4.90. The van der Waals surface area contributed by atoms with E-state index in [1.54, 1.807) is 21.3 Å². The molecule has 176 valence electrons. The molecule has 0 aliphatic rings. The van der Waals surface area contributed by atoms with E-state index < -0.39 is 11.9 Å². The summed E-state index contributed by atoms with van der Waals surface area (Å²) in [5, 5.41) is 12.2. The van der Waals surface area contributed by atoms with Crippen LogP contribution in [-0.4, -0.2) is 38.6 Å². The van der Waals surface area contributed by atoms with Crippen LogP contribution in [0.15, 0.2) is 72.8 Å². The van der Waals surface area contributed by atoms with Gasteiger partial charge in [-0.3, -0.25) is 0 Å². The molecule has 0 heterocycles. The normalized spacial score (nSPS) is 12.4. The van der Waals surface area contributed by atoms with Crippen molar-refractivity contribution in [1.29, 1.82) is 0 Å². The number of unbranched alkanes of at least 4 members (excludes halogenated alkanes) is 1. The second kappa shape index (κ2) is 10.5. The van der Waals surface area contributed by atoms with Gasteiger partial charge in [0.15, 0.2) is 0 Å². The quantitative estimate of drug-likeness (QED) is 0.305. The first kappa shape index (κ1) is 24.9. The number of methoxy groups -OCH3 is 3. The second-order valence-corrected chi connectivity index (χ2v) is 14.5. The fourth-order valence-corrected chi connectivity index (χ4v) is 10.4. The fourth-order valence-electron chi connectivity index (χ4n) is 4.20. The van der Waals surface area contributed by atoms with Crippen LogP contribution >= 0.6 is 17.2 Å². The molecule has 3 aromatic rings. The average Bonchev–Trinajstić information content (AvgIpc) is 2.86. The van der Waals surface area contributed by atoms with E-state index in [1.165, 1.54) is 0 Å². The van der Waals surface area contributed by atoms with Gasteiger partial charge in [0, 0.05) is 0 Å². The van der Waals surface area contributed by atoms with E-state index in [0.29, 0.717) is 19.0 Å². The first-order valence-electron chi connectivity index (χ1n) is 10.7. The van der Waals surface area contributed by atoms with Gasteiger partial charge in [0.25, 0.3) is 0 Å². The first-order valence-corrected chi connectivity index (χ1v) is 14.1. The summed E-state index contributed by atoms with van der Waals surface area (Å²) in [6.45, 7) is 0. The van der Waals surface area contributed by atoms with Gasteiger partial charge in [-0.1, -0.05) is 0 Å². The van der Waals surface area contributed by atoms with Gasteiger partial charge in [0.05, 0.1) is 0 Å². The number of carboxylic acids is 1. The van der Waals surface area contributed by atoms with Crippen molar-refractivity contribution >= 4 is 39.1 Å². The van der Waals surface area contributed by atoms with Crippen molar-refractivity contribution in [2.75, 3.05) is 27.5 Å². The summed E-state index contributed by atoms with van der Waals surface area (Å²) in [4.78, 5) is 11.2. The molecule has 3 aromatic carbocycles. The summed E-state index contributed by atoms with van der Waals surface area (Å²) in [6, 6.07) is 23.7. The molecule has 3 rings (SSSR count). The zero-order valence-electron chi connectivity index (χ0n) is 19.2. The van der Waals surface area contributed by atoms with E-state index in [4.69, 9.17) is 30.6 Å². The maximum absolute atomic E-state index is 11.2. The number of rotatable bonds is 11. The van der Waals surface area contributed by atoms with Gasteiger partial charge in [0.2, 0.25) is 0 Å². The topological polar surface area (TPSA) is 65.0 Å². The average molecular weight is 489 g/mol. The van der Waals surface area contributed by atoms with Crippen LogP contribution in [0.5, 0.6) is 17.2 Å². The molecule has 0 bridgehead atoms. The number of carbonyl (C=O) groups is 1. The van der Waals surface area contributed by atoms with Gasteiger partial charge in [-0.15, -0.1) is 0 Å². The SMILES string of the molecule is COc1ccc(P(Cl)(CCCCC(=O)O)(c2ccc(OC)cc2)c2ccc(OC)cc2)cc1. The molecular weight excluding hydrogens is 459 g/mol. The molecule has 5 nitrogen and oxygen atoms in total. The van der Waals surface area contributed by atoms with Gasteiger partial charge in [-0.05, 0) is 0 Å². The van der Waals surface area contributed by atoms with E-state index in [2.05, 4.69) is 0 Å². The molecule has 0 aliphatic carbocycles. The van der Waals surface area contributed by atoms with Crippen molar-refractivity contribution in [1.82, 2.24) is 0 Å². The van der Waals surface area contributed by atoms with Crippen molar-refractivity contribution in [2.45, 2.75) is 19.3 Å². The van der Waals surface area contributed by atoms with E-state index in [9.17, 15) is 4.79 Å². The third kappa shape index (κ3) is 4.95. The molecule has 1 N–H and O–H groups in total. The molecule has 0 aliphatic heterocycles. The molecular formula is C26H30ClO5P. The summed E-state index contributed by atoms with van der Waals surface area (Å²) in [5.41, 5.74) is 0. The predicted octanol–water partition coefficient (Wildman–Crippen LogP) is 4.95. The number of carboxylic acid groups (broad SMARTS) is 1. The van der Waals surface area contributed by atoms with Crippen molar-refractivity contribution in [3.05, 3.63) is 72.8 Å². The Morgan fingerprint density at radius 2 is 1.03 bits per heavy atom. The molecule has 0 amide bonds. The third-order valence-corrected chi connectivity index (χ3v) is 13.6. The number of aliphatic carboxylic acids is 1. The maximum atomic E-state index is 11.2. The van der Waals surface area contributed by atoms with Gasteiger partial charge < -0.3 is 0 Å². The van der Waals surface area contributed by atoms with E-state index in [1.807, 2.05) is 72.8 Å². The van der Waals surface area contributed by atoms with Crippen LogP contribution in [0.1, 0.15) is 19.3 Å². The van der Waals surface area contributed by atoms with Crippen LogP contribution in [0, 0.1) is 0 Å². The monoisotopic (exact) mass is 488 g/mol. The Hall–Kier alpha value is -2.75. The van der Waals surface area contributed by atoms with Gasteiger partial charge in [0.1, 0.15) is 0 Å². The summed E-state index contributed by atoms with van der Waals surface area (Å²) < 4.78 is 16.2. The standard InChI is InChI=1S/C26H30ClO5P/c1-30-20-7-13-23(14-8-20)33(27,19-5-4-6-26(28)29,24-15-9-21(31-2)10-16-24)25-17-11-22(32-3)12-18-25/h7-18H,4-6,19H2,1-3H3,(H,28,29). The molecule has 0 fully saturated rings. The molecule has 0 saturated carbocycles. The van der Waals surface area contributed by atoms with Crippen LogP contribution < -0.4 is 30.1 Å². The molecule has 0 aromatic heterocycles. The predicted molar refractivity (Wildman–Crippen MR) is 137 cm³/mol. The first-order chi connectivity index (χ1) is 15.8. The molecule has 0 spiro atoms. The number of ether oxygens (including phenoxy) is 3. The zero-order valence-corrected chi connectivity index (χ0v) is 20.8. The van der Waals surface area contributed by atoms with Crippen LogP contribution in [0.4, 0.5) is 0 Å². The van der Waals surface area contributed by atoms with Gasteiger partial charge in [-0.25, -0.2) is 0 Å². The molecule has 0 radical (unpaired) electrons. The van der Waals surface area contributed by atoms with Crippen molar-refractivity contribution in [3.8, 4) is 17.2 Å². The van der Waals surface area contributed by atoms with Crippen molar-refractivity contribution in [2.24, 2.45) is 0 Å². The minimum absolute atomic E-state index is 0.108. The van der Waals surface area contributed by atoms with Crippen LogP contribution in [0.2, 0.25) is 0 Å².